The van der Waals surface area contributed by atoms with Crippen molar-refractivity contribution in [1.82, 2.24) is 24.6 Å². The summed E-state index contributed by atoms with van der Waals surface area (Å²) in [6.07, 6.45) is 7.58. The molecule has 7 heteroatoms. The van der Waals surface area contributed by atoms with Gasteiger partial charge in [0.1, 0.15) is 4.88 Å². The third-order valence-corrected chi connectivity index (χ3v) is 5.24. The van der Waals surface area contributed by atoms with Crippen molar-refractivity contribution >= 4 is 17.2 Å². The minimum absolute atomic E-state index is 0.130. The van der Waals surface area contributed by atoms with Crippen LogP contribution < -0.4 is 0 Å². The maximum atomic E-state index is 12.6. The molecule has 0 radical (unpaired) electrons. The summed E-state index contributed by atoms with van der Waals surface area (Å²) in [4.78, 5) is 22.0. The third kappa shape index (κ3) is 3.97. The Balaban J connectivity index is 1.58. The minimum atomic E-state index is 0.130. The predicted molar refractivity (Wildman–Crippen MR) is 90.5 cm³/mol. The lowest BCUT2D eigenvalue weighted by molar-refractivity contribution is 0.0765. The summed E-state index contributed by atoms with van der Waals surface area (Å²) in [5, 5.41) is 5.25. The SMILES string of the molecule is CCc1ncc(C(=O)N2CCCN(Cc3cnn(C)c3)CC2)s1. The van der Waals surface area contributed by atoms with Crippen LogP contribution in [0, 0.1) is 0 Å². The number of rotatable bonds is 4. The van der Waals surface area contributed by atoms with Crippen molar-refractivity contribution < 1.29 is 4.79 Å². The summed E-state index contributed by atoms with van der Waals surface area (Å²) in [5.74, 6) is 0.130. The van der Waals surface area contributed by atoms with Gasteiger partial charge in [0.2, 0.25) is 0 Å². The molecule has 2 aromatic rings. The fourth-order valence-electron chi connectivity index (χ4n) is 2.87. The lowest BCUT2D eigenvalue weighted by Crippen LogP contribution is -2.34. The number of aromatic nitrogens is 3. The second kappa shape index (κ2) is 7.23. The molecule has 0 unspecified atom stereocenters. The van der Waals surface area contributed by atoms with Gasteiger partial charge < -0.3 is 4.90 Å². The molecular formula is C16H23N5OS. The zero-order chi connectivity index (χ0) is 16.2. The predicted octanol–water partition coefficient (Wildman–Crippen LogP) is 1.79. The van der Waals surface area contributed by atoms with Gasteiger partial charge in [-0.3, -0.25) is 14.4 Å². The molecular weight excluding hydrogens is 310 g/mol. The molecule has 2 aromatic heterocycles. The van der Waals surface area contributed by atoms with Crippen molar-refractivity contribution in [2.75, 3.05) is 26.2 Å². The molecule has 1 fully saturated rings. The van der Waals surface area contributed by atoms with E-state index in [1.807, 2.05) is 22.8 Å². The van der Waals surface area contributed by atoms with E-state index in [0.717, 1.165) is 55.5 Å². The Kier molecular flexibility index (Phi) is 5.07. The van der Waals surface area contributed by atoms with Crippen molar-refractivity contribution in [3.05, 3.63) is 34.0 Å². The molecule has 0 atom stereocenters. The van der Waals surface area contributed by atoms with Crippen LogP contribution in [0.5, 0.6) is 0 Å². The number of aryl methyl sites for hydroxylation is 2. The molecule has 0 bridgehead atoms. The molecule has 0 saturated carbocycles. The molecule has 0 N–H and O–H groups in total. The highest BCUT2D eigenvalue weighted by Gasteiger charge is 2.22. The van der Waals surface area contributed by atoms with Gasteiger partial charge in [-0.25, -0.2) is 4.98 Å². The topological polar surface area (TPSA) is 54.3 Å². The molecule has 1 saturated heterocycles. The number of hydrogen-bond acceptors (Lipinski definition) is 5. The number of hydrogen-bond donors (Lipinski definition) is 0. The highest BCUT2D eigenvalue weighted by molar-refractivity contribution is 7.13. The number of carbonyl (C=O) groups excluding carboxylic acids is 1. The van der Waals surface area contributed by atoms with Crippen molar-refractivity contribution in [3.63, 3.8) is 0 Å². The van der Waals surface area contributed by atoms with E-state index in [2.05, 4.69) is 28.1 Å². The summed E-state index contributed by atoms with van der Waals surface area (Å²) < 4.78 is 1.83. The average Bonchev–Trinajstić information content (AvgIpc) is 3.12. The van der Waals surface area contributed by atoms with Crippen LogP contribution >= 0.6 is 11.3 Å². The van der Waals surface area contributed by atoms with Crippen molar-refractivity contribution in [1.29, 1.82) is 0 Å². The Morgan fingerprint density at radius 3 is 2.83 bits per heavy atom. The smallest absolute Gasteiger partial charge is 0.265 e. The van der Waals surface area contributed by atoms with Crippen molar-refractivity contribution in [2.45, 2.75) is 26.3 Å². The van der Waals surface area contributed by atoms with Gasteiger partial charge in [0.15, 0.2) is 0 Å². The van der Waals surface area contributed by atoms with Gasteiger partial charge in [-0.15, -0.1) is 11.3 Å². The lowest BCUT2D eigenvalue weighted by atomic mass is 10.3. The Labute approximate surface area is 140 Å². The van der Waals surface area contributed by atoms with Crippen molar-refractivity contribution in [2.24, 2.45) is 7.05 Å². The molecule has 1 aliphatic heterocycles. The van der Waals surface area contributed by atoms with Crippen LogP contribution in [0.4, 0.5) is 0 Å². The van der Waals surface area contributed by atoms with E-state index in [4.69, 9.17) is 0 Å². The molecule has 6 nitrogen and oxygen atoms in total. The van der Waals surface area contributed by atoms with Gasteiger partial charge in [-0.05, 0) is 12.8 Å². The average molecular weight is 333 g/mol. The summed E-state index contributed by atoms with van der Waals surface area (Å²) in [7, 11) is 1.94. The van der Waals surface area contributed by atoms with Gasteiger partial charge in [-0.2, -0.15) is 5.10 Å². The summed E-state index contributed by atoms with van der Waals surface area (Å²) in [6, 6.07) is 0. The summed E-state index contributed by atoms with van der Waals surface area (Å²) in [5.41, 5.74) is 1.22. The Bertz CT molecular complexity index is 665. The number of amides is 1. The lowest BCUT2D eigenvalue weighted by Gasteiger charge is -2.21. The summed E-state index contributed by atoms with van der Waals surface area (Å²) >= 11 is 1.52. The number of carbonyl (C=O) groups is 1. The molecule has 0 aliphatic carbocycles. The van der Waals surface area contributed by atoms with Crippen LogP contribution in [0.3, 0.4) is 0 Å². The van der Waals surface area contributed by atoms with Crippen LogP contribution in [0.15, 0.2) is 18.6 Å². The van der Waals surface area contributed by atoms with E-state index in [9.17, 15) is 4.79 Å². The Hall–Kier alpha value is -1.73. The van der Waals surface area contributed by atoms with Crippen LogP contribution in [0.2, 0.25) is 0 Å². The van der Waals surface area contributed by atoms with Gasteiger partial charge in [0.25, 0.3) is 5.91 Å². The maximum absolute atomic E-state index is 12.6. The Morgan fingerprint density at radius 2 is 2.13 bits per heavy atom. The molecule has 3 rings (SSSR count). The monoisotopic (exact) mass is 333 g/mol. The van der Waals surface area contributed by atoms with Gasteiger partial charge in [0.05, 0.1) is 17.4 Å². The number of thiazole rings is 1. The van der Waals surface area contributed by atoms with E-state index in [0.29, 0.717) is 0 Å². The molecule has 0 spiro atoms. The fraction of sp³-hybridized carbons (Fsp3) is 0.562. The van der Waals surface area contributed by atoms with Gasteiger partial charge >= 0.3 is 0 Å². The van der Waals surface area contributed by atoms with Crippen LogP contribution in [-0.4, -0.2) is 56.7 Å². The van der Waals surface area contributed by atoms with E-state index in [1.165, 1.54) is 16.9 Å². The molecule has 23 heavy (non-hydrogen) atoms. The normalized spacial score (nSPS) is 16.5. The minimum Gasteiger partial charge on any atom is -0.337 e. The first-order valence-corrected chi connectivity index (χ1v) is 8.91. The highest BCUT2D eigenvalue weighted by Crippen LogP contribution is 2.17. The first kappa shape index (κ1) is 16.1. The van der Waals surface area contributed by atoms with E-state index < -0.39 is 0 Å². The largest absolute Gasteiger partial charge is 0.337 e. The van der Waals surface area contributed by atoms with Gasteiger partial charge in [-0.1, -0.05) is 6.92 Å². The second-order valence-corrected chi connectivity index (χ2v) is 7.03. The zero-order valence-corrected chi connectivity index (χ0v) is 14.6. The second-order valence-electron chi connectivity index (χ2n) is 5.92. The standard InChI is InChI=1S/C16H23N5OS/c1-3-15-17-10-14(23-15)16(22)21-6-4-5-20(7-8-21)12-13-9-18-19(2)11-13/h9-11H,3-8,12H2,1-2H3. The highest BCUT2D eigenvalue weighted by atomic mass is 32.1. The molecule has 0 aromatic carbocycles. The van der Waals surface area contributed by atoms with E-state index in [-0.39, 0.29) is 5.91 Å². The summed E-state index contributed by atoms with van der Waals surface area (Å²) in [6.45, 7) is 6.48. The Morgan fingerprint density at radius 1 is 1.26 bits per heavy atom. The van der Waals surface area contributed by atoms with E-state index >= 15 is 0 Å². The molecule has 1 amide bonds. The maximum Gasteiger partial charge on any atom is 0.265 e. The first-order valence-electron chi connectivity index (χ1n) is 8.09. The third-order valence-electron chi connectivity index (χ3n) is 4.11. The molecule has 3 heterocycles. The van der Waals surface area contributed by atoms with Crippen LogP contribution in [0.25, 0.3) is 0 Å². The fourth-order valence-corrected chi connectivity index (χ4v) is 3.70. The van der Waals surface area contributed by atoms with Crippen LogP contribution in [-0.2, 0) is 20.0 Å². The molecule has 124 valence electrons. The van der Waals surface area contributed by atoms with E-state index in [1.54, 1.807) is 6.20 Å². The first-order chi connectivity index (χ1) is 11.2. The zero-order valence-electron chi connectivity index (χ0n) is 13.7. The number of nitrogens with zero attached hydrogens (tertiary/aromatic N) is 5. The van der Waals surface area contributed by atoms with Gasteiger partial charge in [0, 0.05) is 51.5 Å². The van der Waals surface area contributed by atoms with Crippen molar-refractivity contribution in [3.8, 4) is 0 Å². The quantitative estimate of drug-likeness (QED) is 0.856. The van der Waals surface area contributed by atoms with Crippen LogP contribution in [0.1, 0.15) is 33.6 Å². The molecule has 1 aliphatic rings.